The molecular weight excluding hydrogens is 336 g/mol. The van der Waals surface area contributed by atoms with Crippen molar-refractivity contribution in [3.8, 4) is 0 Å². The minimum atomic E-state index is -0.177. The van der Waals surface area contributed by atoms with Gasteiger partial charge in [0.25, 0.3) is 0 Å². The fourth-order valence-corrected chi connectivity index (χ4v) is 3.30. The number of carbonyl (C=O) groups excluding carboxylic acids is 2. The summed E-state index contributed by atoms with van der Waals surface area (Å²) in [5.41, 5.74) is 1.61. The van der Waals surface area contributed by atoms with Crippen LogP contribution in [0.4, 0.5) is 5.69 Å². The molecule has 0 aromatic heterocycles. The summed E-state index contributed by atoms with van der Waals surface area (Å²) < 4.78 is 0. The second-order valence-electron chi connectivity index (χ2n) is 6.30. The number of para-hydroxylation sites is 1. The number of amides is 2. The van der Waals surface area contributed by atoms with Crippen molar-refractivity contribution in [3.05, 3.63) is 65.2 Å². The Morgan fingerprint density at radius 2 is 1.80 bits per heavy atom. The highest BCUT2D eigenvalue weighted by Crippen LogP contribution is 2.21. The summed E-state index contributed by atoms with van der Waals surface area (Å²) in [5, 5.41) is 3.53. The second kappa shape index (κ2) is 8.17. The van der Waals surface area contributed by atoms with E-state index in [1.165, 1.54) is 0 Å². The third kappa shape index (κ3) is 4.60. The van der Waals surface area contributed by atoms with Gasteiger partial charge in [-0.1, -0.05) is 48.0 Å². The van der Waals surface area contributed by atoms with Gasteiger partial charge in [0.05, 0.1) is 12.3 Å². The predicted molar refractivity (Wildman–Crippen MR) is 99.5 cm³/mol. The molecule has 0 spiro atoms. The second-order valence-corrected chi connectivity index (χ2v) is 6.71. The minimum absolute atomic E-state index is 0.0188. The van der Waals surface area contributed by atoms with E-state index < -0.39 is 0 Å². The topological polar surface area (TPSA) is 49.4 Å². The average Bonchev–Trinajstić information content (AvgIpc) is 2.64. The highest BCUT2D eigenvalue weighted by Gasteiger charge is 2.28. The monoisotopic (exact) mass is 356 g/mol. The molecule has 2 aromatic rings. The van der Waals surface area contributed by atoms with E-state index in [4.69, 9.17) is 11.6 Å². The minimum Gasteiger partial charge on any atom is -0.342 e. The molecule has 1 heterocycles. The number of benzene rings is 2. The first-order valence-corrected chi connectivity index (χ1v) is 8.88. The van der Waals surface area contributed by atoms with Gasteiger partial charge in [-0.3, -0.25) is 9.59 Å². The Labute approximate surface area is 152 Å². The molecule has 0 bridgehead atoms. The maximum absolute atomic E-state index is 12.6. The van der Waals surface area contributed by atoms with Crippen LogP contribution in [-0.2, 0) is 16.0 Å². The molecule has 1 aliphatic rings. The molecule has 0 unspecified atom stereocenters. The Bertz CT molecular complexity index is 748. The van der Waals surface area contributed by atoms with E-state index >= 15 is 0 Å². The lowest BCUT2D eigenvalue weighted by atomic mass is 9.96. The number of halogens is 1. The number of anilines is 1. The number of hydrogen-bond donors (Lipinski definition) is 1. The van der Waals surface area contributed by atoms with Gasteiger partial charge in [-0.25, -0.2) is 0 Å². The van der Waals surface area contributed by atoms with Gasteiger partial charge in [-0.2, -0.15) is 0 Å². The highest BCUT2D eigenvalue weighted by atomic mass is 35.5. The summed E-state index contributed by atoms with van der Waals surface area (Å²) in [7, 11) is 0. The summed E-state index contributed by atoms with van der Waals surface area (Å²) in [4.78, 5) is 26.8. The van der Waals surface area contributed by atoms with Gasteiger partial charge >= 0.3 is 0 Å². The maximum Gasteiger partial charge on any atom is 0.229 e. The van der Waals surface area contributed by atoms with Crippen molar-refractivity contribution in [1.82, 2.24) is 4.90 Å². The van der Waals surface area contributed by atoms with Crippen molar-refractivity contribution in [3.63, 3.8) is 0 Å². The molecule has 1 saturated heterocycles. The molecule has 1 aliphatic heterocycles. The Kier molecular flexibility index (Phi) is 5.71. The molecule has 25 heavy (non-hydrogen) atoms. The number of likely N-dealkylation sites (tertiary alicyclic amines) is 1. The van der Waals surface area contributed by atoms with E-state index in [1.54, 1.807) is 11.0 Å². The molecule has 2 amide bonds. The number of piperidine rings is 1. The van der Waals surface area contributed by atoms with E-state index in [0.717, 1.165) is 24.1 Å². The lowest BCUT2D eigenvalue weighted by molar-refractivity contribution is -0.133. The van der Waals surface area contributed by atoms with Crippen molar-refractivity contribution in [2.75, 3.05) is 18.4 Å². The first-order chi connectivity index (χ1) is 12.1. The molecule has 2 aromatic carbocycles. The van der Waals surface area contributed by atoms with E-state index in [-0.39, 0.29) is 24.2 Å². The van der Waals surface area contributed by atoms with Crippen LogP contribution in [0.15, 0.2) is 54.6 Å². The normalized spacial score (nSPS) is 17.2. The van der Waals surface area contributed by atoms with Gasteiger partial charge in [0, 0.05) is 23.8 Å². The largest absolute Gasteiger partial charge is 0.342 e. The fraction of sp³-hybridized carbons (Fsp3) is 0.300. The zero-order chi connectivity index (χ0) is 17.6. The zero-order valence-electron chi connectivity index (χ0n) is 14.0. The van der Waals surface area contributed by atoms with Crippen LogP contribution in [0.3, 0.4) is 0 Å². The Morgan fingerprint density at radius 1 is 1.08 bits per heavy atom. The van der Waals surface area contributed by atoms with Crippen molar-refractivity contribution in [1.29, 1.82) is 0 Å². The summed E-state index contributed by atoms with van der Waals surface area (Å²) in [6, 6.07) is 16.8. The van der Waals surface area contributed by atoms with Crippen molar-refractivity contribution >= 4 is 29.1 Å². The van der Waals surface area contributed by atoms with E-state index in [1.807, 2.05) is 48.5 Å². The lowest BCUT2D eigenvalue weighted by Crippen LogP contribution is -2.44. The number of nitrogens with one attached hydrogen (secondary N) is 1. The van der Waals surface area contributed by atoms with Crippen LogP contribution >= 0.6 is 11.6 Å². The Balaban J connectivity index is 1.59. The molecule has 5 heteroatoms. The van der Waals surface area contributed by atoms with Crippen molar-refractivity contribution < 1.29 is 9.59 Å². The molecular formula is C20H21ClN2O2. The summed E-state index contributed by atoms with van der Waals surface area (Å²) in [6.07, 6.45) is 1.91. The first kappa shape index (κ1) is 17.5. The predicted octanol–water partition coefficient (Wildman–Crippen LogP) is 3.76. The third-order valence-corrected chi connectivity index (χ3v) is 4.85. The van der Waals surface area contributed by atoms with Gasteiger partial charge in [-0.05, 0) is 36.6 Å². The van der Waals surface area contributed by atoms with E-state index in [9.17, 15) is 9.59 Å². The lowest BCUT2D eigenvalue weighted by Gasteiger charge is -2.32. The van der Waals surface area contributed by atoms with Crippen LogP contribution in [0.2, 0.25) is 5.02 Å². The van der Waals surface area contributed by atoms with Gasteiger partial charge in [-0.15, -0.1) is 0 Å². The number of hydrogen-bond acceptors (Lipinski definition) is 2. The maximum atomic E-state index is 12.6. The van der Waals surface area contributed by atoms with Crippen LogP contribution < -0.4 is 5.32 Å². The van der Waals surface area contributed by atoms with Gasteiger partial charge < -0.3 is 10.2 Å². The summed E-state index contributed by atoms with van der Waals surface area (Å²) in [5.74, 6) is -0.184. The molecule has 130 valence electrons. The molecule has 0 saturated carbocycles. The molecule has 1 atom stereocenters. The van der Waals surface area contributed by atoms with E-state index in [2.05, 4.69) is 5.32 Å². The molecule has 4 nitrogen and oxygen atoms in total. The molecule has 0 radical (unpaired) electrons. The summed E-state index contributed by atoms with van der Waals surface area (Å²) >= 11 is 6.14. The molecule has 1 N–H and O–H groups in total. The Morgan fingerprint density at radius 3 is 2.56 bits per heavy atom. The van der Waals surface area contributed by atoms with Crippen LogP contribution in [0.25, 0.3) is 0 Å². The van der Waals surface area contributed by atoms with Crippen molar-refractivity contribution in [2.24, 2.45) is 5.92 Å². The fourth-order valence-electron chi connectivity index (χ4n) is 3.10. The molecule has 3 rings (SSSR count). The van der Waals surface area contributed by atoms with Crippen LogP contribution in [-0.4, -0.2) is 29.8 Å². The number of nitrogens with zero attached hydrogens (tertiary/aromatic N) is 1. The van der Waals surface area contributed by atoms with Crippen LogP contribution in [0.1, 0.15) is 18.4 Å². The van der Waals surface area contributed by atoms with Crippen molar-refractivity contribution in [2.45, 2.75) is 19.3 Å². The third-order valence-electron chi connectivity index (χ3n) is 4.49. The van der Waals surface area contributed by atoms with E-state index in [0.29, 0.717) is 18.1 Å². The quantitative estimate of drug-likeness (QED) is 0.906. The Hall–Kier alpha value is -2.33. The van der Waals surface area contributed by atoms with Gasteiger partial charge in [0.2, 0.25) is 11.8 Å². The number of carbonyl (C=O) groups is 2. The molecule has 0 aliphatic carbocycles. The molecule has 1 fully saturated rings. The van der Waals surface area contributed by atoms with Crippen LogP contribution in [0.5, 0.6) is 0 Å². The first-order valence-electron chi connectivity index (χ1n) is 8.50. The van der Waals surface area contributed by atoms with Gasteiger partial charge in [0.15, 0.2) is 0 Å². The SMILES string of the molecule is O=C(Nc1ccccc1)[C@@H]1CCCN(C(=O)Cc2ccccc2Cl)C1. The van der Waals surface area contributed by atoms with Crippen LogP contribution in [0, 0.1) is 5.92 Å². The average molecular weight is 357 g/mol. The van der Waals surface area contributed by atoms with Gasteiger partial charge in [0.1, 0.15) is 0 Å². The number of rotatable bonds is 4. The summed E-state index contributed by atoms with van der Waals surface area (Å²) in [6.45, 7) is 1.15. The smallest absolute Gasteiger partial charge is 0.229 e. The standard InChI is InChI=1S/C20H21ClN2O2/c21-18-11-5-4-7-15(18)13-19(24)23-12-6-8-16(14-23)20(25)22-17-9-2-1-3-10-17/h1-5,7,9-11,16H,6,8,12-14H2,(H,22,25)/t16-/m1/s1. The zero-order valence-corrected chi connectivity index (χ0v) is 14.7. The highest BCUT2D eigenvalue weighted by molar-refractivity contribution is 6.31.